The molecule has 3 N–H and O–H groups in total. The van der Waals surface area contributed by atoms with Crippen LogP contribution in [-0.4, -0.2) is 44.2 Å². The summed E-state index contributed by atoms with van der Waals surface area (Å²) in [5, 5.41) is 6.35. The summed E-state index contributed by atoms with van der Waals surface area (Å²) in [5.74, 6) is 0.00246. The average Bonchev–Trinajstić information content (AvgIpc) is 3.45. The first-order valence-electron chi connectivity index (χ1n) is 11.5. The molecule has 180 valence electrons. The molecule has 3 aromatic rings. The molecule has 0 aliphatic heterocycles. The lowest BCUT2D eigenvalue weighted by atomic mass is 10.2. The molecule has 0 radical (unpaired) electrons. The fraction of sp³-hybridized carbons (Fsp3) is 0.478. The molecule has 2 aliphatic rings. The van der Waals surface area contributed by atoms with Gasteiger partial charge in [0.1, 0.15) is 23.2 Å². The Balaban J connectivity index is 1.22. The zero-order valence-corrected chi connectivity index (χ0v) is 19.3. The van der Waals surface area contributed by atoms with Crippen molar-refractivity contribution in [3.05, 3.63) is 51.5 Å². The monoisotopic (exact) mass is 488 g/mol. The van der Waals surface area contributed by atoms with Crippen molar-refractivity contribution in [3.8, 4) is 0 Å². The van der Waals surface area contributed by atoms with Gasteiger partial charge in [-0.05, 0) is 49.7 Å². The van der Waals surface area contributed by atoms with E-state index in [1.54, 1.807) is 12.3 Å². The van der Waals surface area contributed by atoms with E-state index in [0.717, 1.165) is 25.9 Å². The largest absolute Gasteiger partial charge is 0.376 e. The van der Waals surface area contributed by atoms with E-state index in [9.17, 15) is 14.0 Å². The fourth-order valence-electron chi connectivity index (χ4n) is 4.24. The van der Waals surface area contributed by atoms with E-state index in [1.165, 1.54) is 29.8 Å². The standard InChI is InChI=1S/C23H26ClFN6O3/c24-19-10-29-22(30-17-2-1-3-18(17)34-12-13-4-5-13)23(33)31(19)11-20(32)26-7-14-6-15-16(25)9-28-21(15)27-8-14/h6,8-10,13,17-18H,1-5,7,11-12H2,(H,26,32)(H,27,28)(H,29,30)/t17-,18-/m1/s1. The number of anilines is 1. The molecule has 9 nitrogen and oxygen atoms in total. The van der Waals surface area contributed by atoms with Crippen LogP contribution in [0.5, 0.6) is 0 Å². The van der Waals surface area contributed by atoms with Crippen LogP contribution in [0.2, 0.25) is 5.15 Å². The van der Waals surface area contributed by atoms with E-state index < -0.39 is 17.3 Å². The fourth-order valence-corrected chi connectivity index (χ4v) is 4.42. The van der Waals surface area contributed by atoms with E-state index in [0.29, 0.717) is 22.5 Å². The molecule has 0 unspecified atom stereocenters. The van der Waals surface area contributed by atoms with Gasteiger partial charge in [0, 0.05) is 25.5 Å². The highest BCUT2D eigenvalue weighted by Gasteiger charge is 2.31. The number of ether oxygens (including phenoxy) is 1. The molecule has 3 aromatic heterocycles. The van der Waals surface area contributed by atoms with Crippen LogP contribution in [-0.2, 0) is 22.6 Å². The molecule has 3 heterocycles. The number of H-pyrrole nitrogens is 1. The van der Waals surface area contributed by atoms with Crippen molar-refractivity contribution in [1.82, 2.24) is 24.8 Å². The zero-order valence-electron chi connectivity index (χ0n) is 18.5. The Morgan fingerprint density at radius 2 is 2.12 bits per heavy atom. The van der Waals surface area contributed by atoms with Crippen molar-refractivity contribution in [3.63, 3.8) is 0 Å². The smallest absolute Gasteiger partial charge is 0.294 e. The molecule has 2 fully saturated rings. The minimum Gasteiger partial charge on any atom is -0.376 e. The lowest BCUT2D eigenvalue weighted by Crippen LogP contribution is -2.37. The van der Waals surface area contributed by atoms with Gasteiger partial charge in [0.2, 0.25) is 5.91 Å². The molecule has 34 heavy (non-hydrogen) atoms. The number of nitrogens with zero attached hydrogens (tertiary/aromatic N) is 3. The predicted molar refractivity (Wildman–Crippen MR) is 125 cm³/mol. The zero-order chi connectivity index (χ0) is 23.7. The number of halogens is 2. The quantitative estimate of drug-likeness (QED) is 0.426. The molecule has 0 saturated heterocycles. The van der Waals surface area contributed by atoms with Gasteiger partial charge >= 0.3 is 0 Å². The molecule has 2 aliphatic carbocycles. The summed E-state index contributed by atoms with van der Waals surface area (Å²) < 4.78 is 21.0. The van der Waals surface area contributed by atoms with Crippen LogP contribution in [0.1, 0.15) is 37.7 Å². The molecule has 0 aromatic carbocycles. The maximum absolute atomic E-state index is 13.8. The van der Waals surface area contributed by atoms with Crippen LogP contribution < -0.4 is 16.2 Å². The molecule has 1 amide bonds. The van der Waals surface area contributed by atoms with Gasteiger partial charge in [-0.15, -0.1) is 0 Å². The van der Waals surface area contributed by atoms with Gasteiger partial charge in [-0.2, -0.15) is 0 Å². The third-order valence-electron chi connectivity index (χ3n) is 6.35. The number of rotatable bonds is 9. The number of amides is 1. The summed E-state index contributed by atoms with van der Waals surface area (Å²) in [6.07, 6.45) is 9.50. The van der Waals surface area contributed by atoms with Crippen molar-refractivity contribution in [2.45, 2.75) is 57.3 Å². The van der Waals surface area contributed by atoms with E-state index in [1.807, 2.05) is 0 Å². The summed E-state index contributed by atoms with van der Waals surface area (Å²) in [6, 6.07) is 1.62. The number of fused-ring (bicyclic) bond motifs is 1. The van der Waals surface area contributed by atoms with E-state index in [2.05, 4.69) is 25.6 Å². The van der Waals surface area contributed by atoms with Crippen molar-refractivity contribution < 1.29 is 13.9 Å². The summed E-state index contributed by atoms with van der Waals surface area (Å²) in [6.45, 7) is 0.632. The number of hydrogen-bond donors (Lipinski definition) is 3. The lowest BCUT2D eigenvalue weighted by Gasteiger charge is -2.22. The highest BCUT2D eigenvalue weighted by Crippen LogP contribution is 2.32. The Morgan fingerprint density at radius 1 is 1.26 bits per heavy atom. The second-order valence-corrected chi connectivity index (χ2v) is 9.36. The van der Waals surface area contributed by atoms with Crippen LogP contribution >= 0.6 is 11.6 Å². The second kappa shape index (κ2) is 9.71. The first-order valence-corrected chi connectivity index (χ1v) is 11.9. The van der Waals surface area contributed by atoms with E-state index >= 15 is 0 Å². The molecule has 11 heteroatoms. The average molecular weight is 489 g/mol. The van der Waals surface area contributed by atoms with Gasteiger partial charge in [-0.1, -0.05) is 11.6 Å². The topological polar surface area (TPSA) is 114 Å². The maximum Gasteiger partial charge on any atom is 0.294 e. The number of aromatic nitrogens is 4. The number of hydrogen-bond acceptors (Lipinski definition) is 6. The SMILES string of the molecule is O=C(Cn1c(Cl)cnc(N[C@@H]2CCC[C@H]2OCC2CC2)c1=O)NCc1cnc2[nH]cc(F)c2c1. The van der Waals surface area contributed by atoms with Crippen molar-refractivity contribution >= 4 is 34.4 Å². The molecule has 2 atom stereocenters. The van der Waals surface area contributed by atoms with Gasteiger partial charge < -0.3 is 20.4 Å². The normalized spacial score (nSPS) is 20.1. The van der Waals surface area contributed by atoms with Gasteiger partial charge in [-0.25, -0.2) is 14.4 Å². The van der Waals surface area contributed by atoms with Gasteiger partial charge in [0.05, 0.1) is 23.7 Å². The first kappa shape index (κ1) is 22.8. The Hall–Kier alpha value is -2.98. The minimum absolute atomic E-state index is 0.00125. The highest BCUT2D eigenvalue weighted by molar-refractivity contribution is 6.29. The van der Waals surface area contributed by atoms with Crippen LogP contribution in [0, 0.1) is 11.7 Å². The number of aromatic amines is 1. The number of nitrogens with one attached hydrogen (secondary N) is 3. The Morgan fingerprint density at radius 3 is 2.94 bits per heavy atom. The van der Waals surface area contributed by atoms with Crippen LogP contribution in [0.25, 0.3) is 11.0 Å². The van der Waals surface area contributed by atoms with Crippen molar-refractivity contribution in [1.29, 1.82) is 0 Å². The van der Waals surface area contributed by atoms with Crippen molar-refractivity contribution in [2.75, 3.05) is 11.9 Å². The second-order valence-electron chi connectivity index (χ2n) is 8.97. The van der Waals surface area contributed by atoms with E-state index in [-0.39, 0.29) is 36.2 Å². The molecule has 0 bridgehead atoms. The highest BCUT2D eigenvalue weighted by atomic mass is 35.5. The van der Waals surface area contributed by atoms with Gasteiger partial charge in [-0.3, -0.25) is 14.2 Å². The van der Waals surface area contributed by atoms with Crippen molar-refractivity contribution in [2.24, 2.45) is 5.92 Å². The Bertz CT molecular complexity index is 1260. The Kier molecular flexibility index (Phi) is 6.51. The third kappa shape index (κ3) is 5.07. The van der Waals surface area contributed by atoms with Crippen LogP contribution in [0.4, 0.5) is 10.2 Å². The lowest BCUT2D eigenvalue weighted by molar-refractivity contribution is -0.121. The summed E-state index contributed by atoms with van der Waals surface area (Å²) in [7, 11) is 0. The molecular weight excluding hydrogens is 463 g/mol. The molecule has 5 rings (SSSR count). The van der Waals surface area contributed by atoms with E-state index in [4.69, 9.17) is 16.3 Å². The summed E-state index contributed by atoms with van der Waals surface area (Å²) in [5.41, 5.74) is 0.603. The first-order chi connectivity index (χ1) is 16.5. The third-order valence-corrected chi connectivity index (χ3v) is 6.65. The van der Waals surface area contributed by atoms with Crippen LogP contribution in [0.15, 0.2) is 29.5 Å². The summed E-state index contributed by atoms with van der Waals surface area (Å²) in [4.78, 5) is 36.6. The predicted octanol–water partition coefficient (Wildman–Crippen LogP) is 2.99. The maximum atomic E-state index is 13.8. The molecular formula is C23H26ClFN6O3. The molecule has 2 saturated carbocycles. The molecule has 0 spiro atoms. The number of carbonyl (C=O) groups excluding carboxylic acids is 1. The van der Waals surface area contributed by atoms with Crippen LogP contribution in [0.3, 0.4) is 0 Å². The van der Waals surface area contributed by atoms with Gasteiger partial charge in [0.25, 0.3) is 5.56 Å². The summed E-state index contributed by atoms with van der Waals surface area (Å²) >= 11 is 6.18. The Labute approximate surface area is 200 Å². The van der Waals surface area contributed by atoms with Gasteiger partial charge in [0.15, 0.2) is 5.82 Å². The number of carbonyl (C=O) groups is 1. The minimum atomic E-state index is -0.465. The number of pyridine rings is 1.